The van der Waals surface area contributed by atoms with E-state index < -0.39 is 0 Å². The van der Waals surface area contributed by atoms with Crippen molar-refractivity contribution in [2.45, 2.75) is 51.9 Å². The van der Waals surface area contributed by atoms with Crippen molar-refractivity contribution >= 4 is 0 Å². The van der Waals surface area contributed by atoms with Crippen molar-refractivity contribution in [3.8, 4) is 0 Å². The molecule has 2 rings (SSSR count). The molecule has 0 aromatic rings. The highest BCUT2D eigenvalue weighted by Gasteiger charge is 2.20. The Labute approximate surface area is 88.1 Å². The minimum Gasteiger partial charge on any atom is -0.0956 e. The maximum absolute atomic E-state index is 4.24. The standard InChI is InChI=1S/C14H22/c1-11-8-14(9-11)12(2)10-13-6-4-3-5-7-13/h8,11,13H,2-7,9-10H2,1H3. The number of rotatable bonds is 3. The molecule has 1 saturated carbocycles. The van der Waals surface area contributed by atoms with E-state index in [1.807, 2.05) is 0 Å². The molecular formula is C14H22. The first-order chi connectivity index (χ1) is 6.75. The molecule has 2 aliphatic rings. The summed E-state index contributed by atoms with van der Waals surface area (Å²) in [5.74, 6) is 1.76. The zero-order valence-electron chi connectivity index (χ0n) is 9.39. The van der Waals surface area contributed by atoms with E-state index in [0.717, 1.165) is 11.8 Å². The quantitative estimate of drug-likeness (QED) is 0.615. The largest absolute Gasteiger partial charge is 0.0956 e. The summed E-state index contributed by atoms with van der Waals surface area (Å²) in [5, 5.41) is 0. The predicted molar refractivity (Wildman–Crippen MR) is 62.2 cm³/mol. The third-order valence-electron chi connectivity index (χ3n) is 3.74. The molecule has 0 heterocycles. The normalized spacial score (nSPS) is 28.1. The van der Waals surface area contributed by atoms with Crippen LogP contribution in [0.1, 0.15) is 51.9 Å². The Morgan fingerprint density at radius 2 is 2.00 bits per heavy atom. The molecule has 0 aliphatic heterocycles. The van der Waals surface area contributed by atoms with E-state index in [1.165, 1.54) is 50.5 Å². The van der Waals surface area contributed by atoms with Crippen LogP contribution in [-0.2, 0) is 0 Å². The van der Waals surface area contributed by atoms with Gasteiger partial charge in [0.1, 0.15) is 0 Å². The lowest BCUT2D eigenvalue weighted by Crippen LogP contribution is -2.12. The lowest BCUT2D eigenvalue weighted by Gasteiger charge is -2.28. The first kappa shape index (κ1) is 10.0. The second-order valence-electron chi connectivity index (χ2n) is 5.19. The molecule has 14 heavy (non-hydrogen) atoms. The first-order valence-corrected chi connectivity index (χ1v) is 6.14. The van der Waals surface area contributed by atoms with E-state index in [2.05, 4.69) is 19.6 Å². The third kappa shape index (κ3) is 2.29. The van der Waals surface area contributed by atoms with Gasteiger partial charge in [0.15, 0.2) is 0 Å². The summed E-state index contributed by atoms with van der Waals surface area (Å²) in [4.78, 5) is 0. The molecule has 78 valence electrons. The van der Waals surface area contributed by atoms with Crippen molar-refractivity contribution < 1.29 is 0 Å². The average molecular weight is 190 g/mol. The first-order valence-electron chi connectivity index (χ1n) is 6.14. The fraction of sp³-hybridized carbons (Fsp3) is 0.714. The zero-order chi connectivity index (χ0) is 9.97. The molecule has 0 heteroatoms. The van der Waals surface area contributed by atoms with E-state index >= 15 is 0 Å². The highest BCUT2D eigenvalue weighted by Crippen LogP contribution is 2.36. The van der Waals surface area contributed by atoms with E-state index in [1.54, 1.807) is 5.57 Å². The summed E-state index contributed by atoms with van der Waals surface area (Å²) in [5.41, 5.74) is 3.00. The molecule has 0 bridgehead atoms. The summed E-state index contributed by atoms with van der Waals surface area (Å²) < 4.78 is 0. The van der Waals surface area contributed by atoms with Crippen molar-refractivity contribution in [1.29, 1.82) is 0 Å². The summed E-state index contributed by atoms with van der Waals surface area (Å²) in [7, 11) is 0. The highest BCUT2D eigenvalue weighted by molar-refractivity contribution is 5.35. The van der Waals surface area contributed by atoms with Gasteiger partial charge >= 0.3 is 0 Å². The third-order valence-corrected chi connectivity index (χ3v) is 3.74. The van der Waals surface area contributed by atoms with Crippen LogP contribution in [0.4, 0.5) is 0 Å². The highest BCUT2D eigenvalue weighted by atomic mass is 14.3. The Morgan fingerprint density at radius 1 is 1.36 bits per heavy atom. The van der Waals surface area contributed by atoms with Gasteiger partial charge in [-0.2, -0.15) is 0 Å². The monoisotopic (exact) mass is 190 g/mol. The van der Waals surface area contributed by atoms with Crippen LogP contribution in [0.5, 0.6) is 0 Å². The van der Waals surface area contributed by atoms with Crippen molar-refractivity contribution in [3.63, 3.8) is 0 Å². The van der Waals surface area contributed by atoms with Gasteiger partial charge in [-0.1, -0.05) is 57.3 Å². The van der Waals surface area contributed by atoms with Crippen LogP contribution < -0.4 is 0 Å². The molecule has 0 N–H and O–H groups in total. The molecule has 2 aliphatic carbocycles. The van der Waals surface area contributed by atoms with Crippen molar-refractivity contribution in [2.24, 2.45) is 11.8 Å². The topological polar surface area (TPSA) is 0 Å². The number of hydrogen-bond acceptors (Lipinski definition) is 0. The van der Waals surface area contributed by atoms with Crippen LogP contribution in [-0.4, -0.2) is 0 Å². The van der Waals surface area contributed by atoms with Crippen LogP contribution in [0, 0.1) is 11.8 Å². The average Bonchev–Trinajstić information content (AvgIpc) is 2.14. The lowest BCUT2D eigenvalue weighted by molar-refractivity contribution is 0.355. The number of allylic oxidation sites excluding steroid dienone is 3. The molecule has 0 saturated heterocycles. The van der Waals surface area contributed by atoms with Gasteiger partial charge in [0.2, 0.25) is 0 Å². The van der Waals surface area contributed by atoms with Gasteiger partial charge in [-0.15, -0.1) is 0 Å². The van der Waals surface area contributed by atoms with Gasteiger partial charge < -0.3 is 0 Å². The minimum atomic E-state index is 0.813. The van der Waals surface area contributed by atoms with E-state index in [4.69, 9.17) is 0 Å². The molecule has 1 atom stereocenters. The predicted octanol–water partition coefficient (Wildman–Crippen LogP) is 4.48. The maximum Gasteiger partial charge on any atom is -0.0216 e. The maximum atomic E-state index is 4.24. The van der Waals surface area contributed by atoms with Crippen LogP contribution in [0.2, 0.25) is 0 Å². The van der Waals surface area contributed by atoms with Crippen LogP contribution in [0.15, 0.2) is 23.8 Å². The van der Waals surface area contributed by atoms with Gasteiger partial charge in [-0.3, -0.25) is 0 Å². The molecule has 0 amide bonds. The minimum absolute atomic E-state index is 0.813. The zero-order valence-corrected chi connectivity index (χ0v) is 9.39. The lowest BCUT2D eigenvalue weighted by atomic mass is 9.78. The van der Waals surface area contributed by atoms with Gasteiger partial charge in [0, 0.05) is 0 Å². The van der Waals surface area contributed by atoms with E-state index in [9.17, 15) is 0 Å². The van der Waals surface area contributed by atoms with Gasteiger partial charge in [0.25, 0.3) is 0 Å². The van der Waals surface area contributed by atoms with Crippen LogP contribution in [0.25, 0.3) is 0 Å². The molecular weight excluding hydrogens is 168 g/mol. The van der Waals surface area contributed by atoms with Crippen molar-refractivity contribution in [2.75, 3.05) is 0 Å². The Morgan fingerprint density at radius 3 is 2.57 bits per heavy atom. The van der Waals surface area contributed by atoms with E-state index in [0.29, 0.717) is 0 Å². The Kier molecular flexibility index (Phi) is 3.10. The van der Waals surface area contributed by atoms with Crippen LogP contribution in [0.3, 0.4) is 0 Å². The summed E-state index contributed by atoms with van der Waals surface area (Å²) >= 11 is 0. The molecule has 1 fully saturated rings. The van der Waals surface area contributed by atoms with Crippen LogP contribution >= 0.6 is 0 Å². The second-order valence-corrected chi connectivity index (χ2v) is 5.19. The fourth-order valence-corrected chi connectivity index (χ4v) is 2.79. The Balaban J connectivity index is 1.79. The summed E-state index contributed by atoms with van der Waals surface area (Å²) in [6, 6.07) is 0. The van der Waals surface area contributed by atoms with Crippen molar-refractivity contribution in [1.82, 2.24) is 0 Å². The van der Waals surface area contributed by atoms with Gasteiger partial charge in [-0.25, -0.2) is 0 Å². The second kappa shape index (κ2) is 4.33. The molecule has 0 nitrogen and oxygen atoms in total. The molecule has 0 spiro atoms. The van der Waals surface area contributed by atoms with Gasteiger partial charge in [-0.05, 0) is 30.3 Å². The molecule has 0 aromatic carbocycles. The number of hydrogen-bond donors (Lipinski definition) is 0. The summed E-state index contributed by atoms with van der Waals surface area (Å²) in [6.45, 7) is 6.53. The molecule has 1 unspecified atom stereocenters. The van der Waals surface area contributed by atoms with E-state index in [-0.39, 0.29) is 0 Å². The van der Waals surface area contributed by atoms with Crippen molar-refractivity contribution in [3.05, 3.63) is 23.8 Å². The molecule has 0 aromatic heterocycles. The van der Waals surface area contributed by atoms with Gasteiger partial charge in [0.05, 0.1) is 0 Å². The Bertz CT molecular complexity index is 241. The fourth-order valence-electron chi connectivity index (χ4n) is 2.79. The Hall–Kier alpha value is -0.520. The summed E-state index contributed by atoms with van der Waals surface area (Å²) in [6.07, 6.45) is 12.2. The molecule has 0 radical (unpaired) electrons. The smallest absolute Gasteiger partial charge is 0.0216 e. The SMILES string of the molecule is C=C(CC1CCCCC1)C1=CC(C)C1.